The maximum atomic E-state index is 11.8. The summed E-state index contributed by atoms with van der Waals surface area (Å²) in [5.74, 6) is -0.213. The lowest BCUT2D eigenvalue weighted by molar-refractivity contribution is -0.0329. The van der Waals surface area contributed by atoms with Gasteiger partial charge in [-0.1, -0.05) is 45.9 Å². The number of hydrogen-bond donors (Lipinski definition) is 1. The van der Waals surface area contributed by atoms with Crippen molar-refractivity contribution in [1.29, 1.82) is 0 Å². The summed E-state index contributed by atoms with van der Waals surface area (Å²) in [4.78, 5) is 11.8. The Bertz CT molecular complexity index is 382. The molecule has 1 aromatic carbocycles. The van der Waals surface area contributed by atoms with Crippen LogP contribution in [0.15, 0.2) is 30.3 Å². The fourth-order valence-corrected chi connectivity index (χ4v) is 1.90. The summed E-state index contributed by atoms with van der Waals surface area (Å²) in [7, 11) is 0. The minimum absolute atomic E-state index is 0.135. The van der Waals surface area contributed by atoms with Gasteiger partial charge in [-0.15, -0.1) is 0 Å². The predicted octanol–water partition coefficient (Wildman–Crippen LogP) is 2.89. The summed E-state index contributed by atoms with van der Waals surface area (Å²) < 4.78 is 5.27. The van der Waals surface area contributed by atoms with Crippen molar-refractivity contribution in [3.8, 4) is 0 Å². The van der Waals surface area contributed by atoms with Crippen molar-refractivity contribution >= 4 is 5.97 Å². The van der Waals surface area contributed by atoms with Crippen molar-refractivity contribution in [3.05, 3.63) is 35.9 Å². The molecule has 0 bridgehead atoms. The van der Waals surface area contributed by atoms with Crippen LogP contribution in [0.2, 0.25) is 0 Å². The van der Waals surface area contributed by atoms with Crippen LogP contribution in [-0.2, 0) is 4.74 Å². The van der Waals surface area contributed by atoms with Gasteiger partial charge in [0.25, 0.3) is 0 Å². The van der Waals surface area contributed by atoms with Gasteiger partial charge in [0.15, 0.2) is 0 Å². The average molecular weight is 250 g/mol. The first kappa shape index (κ1) is 14.7. The lowest BCUT2D eigenvalue weighted by Gasteiger charge is -2.32. The third kappa shape index (κ3) is 3.84. The number of ether oxygens (including phenoxy) is 1. The normalized spacial score (nSPS) is 13.4. The highest BCUT2D eigenvalue weighted by molar-refractivity contribution is 5.89. The van der Waals surface area contributed by atoms with E-state index in [-0.39, 0.29) is 18.5 Å². The maximum Gasteiger partial charge on any atom is 0.338 e. The van der Waals surface area contributed by atoms with E-state index in [0.717, 1.165) is 0 Å². The summed E-state index contributed by atoms with van der Waals surface area (Å²) in [6.07, 6.45) is -0.499. The smallest absolute Gasteiger partial charge is 0.338 e. The highest BCUT2D eigenvalue weighted by Crippen LogP contribution is 2.26. The van der Waals surface area contributed by atoms with Gasteiger partial charge < -0.3 is 9.84 Å². The zero-order chi connectivity index (χ0) is 13.8. The lowest BCUT2D eigenvalue weighted by atomic mass is 9.81. The zero-order valence-electron chi connectivity index (χ0n) is 11.5. The molecule has 0 aromatic heterocycles. The Morgan fingerprint density at radius 3 is 2.33 bits per heavy atom. The molecule has 0 fully saturated rings. The molecule has 1 aromatic rings. The number of aliphatic hydroxyl groups excluding tert-OH is 1. The van der Waals surface area contributed by atoms with Crippen LogP contribution >= 0.6 is 0 Å². The molecule has 0 aliphatic rings. The molecule has 0 saturated carbocycles. The minimum Gasteiger partial charge on any atom is -0.461 e. The standard InChI is InChI=1S/C15H22O3/c1-11(2)13(16)15(3,4)10-18-14(17)12-8-6-5-7-9-12/h5-9,11,13,16H,10H2,1-4H3. The molecule has 1 rings (SSSR count). The molecule has 18 heavy (non-hydrogen) atoms. The van der Waals surface area contributed by atoms with Gasteiger partial charge in [-0.2, -0.15) is 0 Å². The summed E-state index contributed by atoms with van der Waals surface area (Å²) in [6, 6.07) is 8.88. The average Bonchev–Trinajstić information content (AvgIpc) is 2.36. The van der Waals surface area contributed by atoms with Crippen molar-refractivity contribution in [3.63, 3.8) is 0 Å². The number of esters is 1. The van der Waals surface area contributed by atoms with Crippen molar-refractivity contribution in [2.24, 2.45) is 11.3 Å². The second-order valence-corrected chi connectivity index (χ2v) is 5.62. The van der Waals surface area contributed by atoms with Crippen molar-refractivity contribution < 1.29 is 14.6 Å². The van der Waals surface area contributed by atoms with Crippen LogP contribution in [0.3, 0.4) is 0 Å². The molecule has 1 atom stereocenters. The number of carbonyl (C=O) groups is 1. The molecule has 0 radical (unpaired) electrons. The topological polar surface area (TPSA) is 46.5 Å². The van der Waals surface area contributed by atoms with Gasteiger partial charge in [0.2, 0.25) is 0 Å². The van der Waals surface area contributed by atoms with E-state index in [9.17, 15) is 9.90 Å². The van der Waals surface area contributed by atoms with E-state index in [1.54, 1.807) is 24.3 Å². The second-order valence-electron chi connectivity index (χ2n) is 5.62. The number of benzene rings is 1. The first-order valence-corrected chi connectivity index (χ1v) is 6.25. The molecule has 3 nitrogen and oxygen atoms in total. The monoisotopic (exact) mass is 250 g/mol. The van der Waals surface area contributed by atoms with Gasteiger partial charge in [0.1, 0.15) is 0 Å². The van der Waals surface area contributed by atoms with E-state index in [4.69, 9.17) is 4.74 Å². The zero-order valence-corrected chi connectivity index (χ0v) is 11.5. The Morgan fingerprint density at radius 1 is 1.28 bits per heavy atom. The molecular formula is C15H22O3. The highest BCUT2D eigenvalue weighted by atomic mass is 16.5. The Morgan fingerprint density at radius 2 is 1.83 bits per heavy atom. The number of hydrogen-bond acceptors (Lipinski definition) is 3. The SMILES string of the molecule is CC(C)C(O)C(C)(C)COC(=O)c1ccccc1. The first-order valence-electron chi connectivity index (χ1n) is 6.25. The molecule has 100 valence electrons. The molecule has 0 aliphatic heterocycles. The van der Waals surface area contributed by atoms with Gasteiger partial charge >= 0.3 is 5.97 Å². The molecule has 0 aliphatic carbocycles. The molecule has 0 heterocycles. The van der Waals surface area contributed by atoms with Crippen molar-refractivity contribution in [2.45, 2.75) is 33.8 Å². The fourth-order valence-electron chi connectivity index (χ4n) is 1.90. The summed E-state index contributed by atoms with van der Waals surface area (Å²) >= 11 is 0. The lowest BCUT2D eigenvalue weighted by Crippen LogP contribution is -2.38. The van der Waals surface area contributed by atoms with Crippen LogP contribution < -0.4 is 0 Å². The quantitative estimate of drug-likeness (QED) is 0.817. The van der Waals surface area contributed by atoms with Gasteiger partial charge in [-0.05, 0) is 18.1 Å². The largest absolute Gasteiger partial charge is 0.461 e. The third-order valence-corrected chi connectivity index (χ3v) is 3.02. The number of rotatable bonds is 5. The van der Waals surface area contributed by atoms with E-state index in [1.165, 1.54) is 0 Å². The van der Waals surface area contributed by atoms with Gasteiger partial charge in [0.05, 0.1) is 18.3 Å². The molecular weight excluding hydrogens is 228 g/mol. The van der Waals surface area contributed by atoms with Crippen molar-refractivity contribution in [1.82, 2.24) is 0 Å². The molecule has 0 spiro atoms. The summed E-state index contributed by atoms with van der Waals surface area (Å²) in [5.41, 5.74) is 0.0887. The number of carbonyl (C=O) groups excluding carboxylic acids is 1. The van der Waals surface area contributed by atoms with E-state index < -0.39 is 11.5 Å². The van der Waals surface area contributed by atoms with E-state index in [2.05, 4.69) is 0 Å². The summed E-state index contributed by atoms with van der Waals surface area (Å²) in [6.45, 7) is 7.91. The Hall–Kier alpha value is -1.35. The van der Waals surface area contributed by atoms with Crippen LogP contribution in [-0.4, -0.2) is 23.8 Å². The first-order chi connectivity index (χ1) is 8.34. The highest BCUT2D eigenvalue weighted by Gasteiger charge is 2.31. The third-order valence-electron chi connectivity index (χ3n) is 3.02. The second kappa shape index (κ2) is 6.01. The Kier molecular flexibility index (Phi) is 4.91. The predicted molar refractivity (Wildman–Crippen MR) is 71.4 cm³/mol. The molecule has 1 N–H and O–H groups in total. The van der Waals surface area contributed by atoms with Gasteiger partial charge in [-0.3, -0.25) is 0 Å². The molecule has 1 unspecified atom stereocenters. The number of aliphatic hydroxyl groups is 1. The van der Waals surface area contributed by atoms with Crippen LogP contribution in [0.4, 0.5) is 0 Å². The van der Waals surface area contributed by atoms with Crippen LogP contribution in [0.25, 0.3) is 0 Å². The van der Waals surface area contributed by atoms with E-state index in [0.29, 0.717) is 5.56 Å². The molecule has 3 heteroatoms. The van der Waals surface area contributed by atoms with Gasteiger partial charge in [0, 0.05) is 5.41 Å². The van der Waals surface area contributed by atoms with Crippen molar-refractivity contribution in [2.75, 3.05) is 6.61 Å². The maximum absolute atomic E-state index is 11.8. The van der Waals surface area contributed by atoms with Crippen LogP contribution in [0.5, 0.6) is 0 Å². The van der Waals surface area contributed by atoms with E-state index in [1.807, 2.05) is 33.8 Å². The summed E-state index contributed by atoms with van der Waals surface area (Å²) in [5, 5.41) is 10.0. The van der Waals surface area contributed by atoms with E-state index >= 15 is 0 Å². The Balaban J connectivity index is 2.58. The molecule has 0 amide bonds. The Labute approximate surface area is 109 Å². The van der Waals surface area contributed by atoms with Crippen LogP contribution in [0, 0.1) is 11.3 Å². The van der Waals surface area contributed by atoms with Crippen LogP contribution in [0.1, 0.15) is 38.1 Å². The van der Waals surface area contributed by atoms with Gasteiger partial charge in [-0.25, -0.2) is 4.79 Å². The molecule has 0 saturated heterocycles. The fraction of sp³-hybridized carbons (Fsp3) is 0.533. The minimum atomic E-state index is -0.499.